The average Bonchev–Trinajstić information content (AvgIpc) is 2.75. The molecular formula is C22H29NO2. The zero-order valence-corrected chi connectivity index (χ0v) is 16.4. The number of carbonyl (C=O) groups is 1. The summed E-state index contributed by atoms with van der Waals surface area (Å²) in [6, 6.07) is 7.19. The summed E-state index contributed by atoms with van der Waals surface area (Å²) in [5.41, 5.74) is 6.15. The van der Waals surface area contributed by atoms with E-state index >= 15 is 0 Å². The average molecular weight is 339 g/mol. The summed E-state index contributed by atoms with van der Waals surface area (Å²) >= 11 is 0. The second-order valence-corrected chi connectivity index (χ2v) is 7.36. The van der Waals surface area contributed by atoms with E-state index in [9.17, 15) is 4.79 Å². The van der Waals surface area contributed by atoms with Crippen LogP contribution in [-0.2, 0) is 14.9 Å². The third-order valence-electron chi connectivity index (χ3n) is 5.40. The topological polar surface area (TPSA) is 29.5 Å². The highest BCUT2D eigenvalue weighted by molar-refractivity contribution is 5.83. The minimum Gasteiger partial charge on any atom is -0.466 e. The van der Waals surface area contributed by atoms with Crippen LogP contribution >= 0.6 is 0 Å². The fourth-order valence-electron chi connectivity index (χ4n) is 3.26. The van der Waals surface area contributed by atoms with Gasteiger partial charge in [-0.15, -0.1) is 0 Å². The van der Waals surface area contributed by atoms with E-state index in [2.05, 4.69) is 68.7 Å². The zero-order valence-electron chi connectivity index (χ0n) is 16.4. The predicted molar refractivity (Wildman–Crippen MR) is 106 cm³/mol. The SMILES string of the molecule is COC(=O)C=C(C)C=CC=C(C)c1ccc2c(c1)C(C)(C)C(C)N2C. The van der Waals surface area contributed by atoms with Gasteiger partial charge in [0.05, 0.1) is 7.11 Å². The second kappa shape index (κ2) is 7.30. The molecule has 0 N–H and O–H groups in total. The number of allylic oxidation sites excluding steroid dienone is 5. The van der Waals surface area contributed by atoms with E-state index in [1.807, 2.05) is 19.1 Å². The number of esters is 1. The summed E-state index contributed by atoms with van der Waals surface area (Å²) in [6.07, 6.45) is 7.44. The maximum atomic E-state index is 11.2. The quantitative estimate of drug-likeness (QED) is 0.445. The number of fused-ring (bicyclic) bond motifs is 1. The van der Waals surface area contributed by atoms with Crippen molar-refractivity contribution >= 4 is 17.2 Å². The van der Waals surface area contributed by atoms with Crippen LogP contribution in [0.2, 0.25) is 0 Å². The van der Waals surface area contributed by atoms with E-state index in [1.54, 1.807) is 0 Å². The second-order valence-electron chi connectivity index (χ2n) is 7.36. The molecule has 0 aromatic heterocycles. The largest absolute Gasteiger partial charge is 0.466 e. The minimum absolute atomic E-state index is 0.135. The number of likely N-dealkylation sites (N-methyl/N-ethyl adjacent to an activating group) is 1. The van der Waals surface area contributed by atoms with Gasteiger partial charge in [0.2, 0.25) is 0 Å². The van der Waals surface area contributed by atoms with Crippen molar-refractivity contribution in [1.82, 2.24) is 0 Å². The fraction of sp³-hybridized carbons (Fsp3) is 0.409. The highest BCUT2D eigenvalue weighted by Gasteiger charge is 2.40. The molecule has 0 radical (unpaired) electrons. The van der Waals surface area contributed by atoms with Crippen LogP contribution in [-0.4, -0.2) is 26.2 Å². The van der Waals surface area contributed by atoms with Crippen molar-refractivity contribution in [1.29, 1.82) is 0 Å². The van der Waals surface area contributed by atoms with E-state index in [0.717, 1.165) is 5.57 Å². The van der Waals surface area contributed by atoms with E-state index in [-0.39, 0.29) is 11.4 Å². The Labute approximate surface area is 151 Å². The highest BCUT2D eigenvalue weighted by Crippen LogP contribution is 2.44. The van der Waals surface area contributed by atoms with E-state index < -0.39 is 0 Å². The molecular weight excluding hydrogens is 310 g/mol. The standard InChI is InChI=1S/C22H29NO2/c1-15(13-21(24)25-7)9-8-10-16(2)18-11-12-20-19(14-18)22(4,5)17(3)23(20)6/h8-14,17H,1-7H3. The van der Waals surface area contributed by atoms with Crippen LogP contribution in [0.15, 0.2) is 48.1 Å². The third-order valence-corrected chi connectivity index (χ3v) is 5.40. The Balaban J connectivity index is 2.25. The van der Waals surface area contributed by atoms with Crippen molar-refractivity contribution < 1.29 is 9.53 Å². The van der Waals surface area contributed by atoms with Gasteiger partial charge in [-0.3, -0.25) is 0 Å². The van der Waals surface area contributed by atoms with Gasteiger partial charge >= 0.3 is 5.97 Å². The molecule has 0 amide bonds. The lowest BCUT2D eigenvalue weighted by Crippen LogP contribution is -2.36. The lowest BCUT2D eigenvalue weighted by molar-refractivity contribution is -0.134. The third kappa shape index (κ3) is 3.87. The zero-order chi connectivity index (χ0) is 18.8. The number of hydrogen-bond donors (Lipinski definition) is 0. The molecule has 25 heavy (non-hydrogen) atoms. The van der Waals surface area contributed by atoms with Crippen molar-refractivity contribution in [2.24, 2.45) is 0 Å². The molecule has 0 spiro atoms. The molecule has 3 heteroatoms. The number of rotatable bonds is 4. The van der Waals surface area contributed by atoms with Gasteiger partial charge < -0.3 is 9.64 Å². The molecule has 1 aliphatic heterocycles. The number of methoxy groups -OCH3 is 1. The number of carbonyl (C=O) groups excluding carboxylic acids is 1. The molecule has 134 valence electrons. The normalized spacial score (nSPS) is 20.1. The maximum Gasteiger partial charge on any atom is 0.330 e. The van der Waals surface area contributed by atoms with Crippen molar-refractivity contribution in [2.45, 2.75) is 46.1 Å². The molecule has 0 bridgehead atoms. The summed E-state index contributed by atoms with van der Waals surface area (Å²) in [5.74, 6) is -0.332. The van der Waals surface area contributed by atoms with Gasteiger partial charge in [-0.25, -0.2) is 4.79 Å². The Morgan fingerprint density at radius 1 is 1.28 bits per heavy atom. The minimum atomic E-state index is -0.332. The Morgan fingerprint density at radius 3 is 2.60 bits per heavy atom. The lowest BCUT2D eigenvalue weighted by atomic mass is 9.80. The van der Waals surface area contributed by atoms with Crippen LogP contribution in [0.3, 0.4) is 0 Å². The van der Waals surface area contributed by atoms with Gasteiger partial charge in [0, 0.05) is 30.3 Å². The first-order valence-corrected chi connectivity index (χ1v) is 8.67. The molecule has 1 aromatic rings. The van der Waals surface area contributed by atoms with E-state index in [0.29, 0.717) is 6.04 Å². The van der Waals surface area contributed by atoms with Crippen LogP contribution in [0.25, 0.3) is 5.57 Å². The smallest absolute Gasteiger partial charge is 0.330 e. The van der Waals surface area contributed by atoms with Gasteiger partial charge in [0.25, 0.3) is 0 Å². The van der Waals surface area contributed by atoms with Gasteiger partial charge in [-0.05, 0) is 55.2 Å². The molecule has 1 heterocycles. The Morgan fingerprint density at radius 2 is 1.96 bits per heavy atom. The summed E-state index contributed by atoms with van der Waals surface area (Å²) in [6.45, 7) is 10.9. The van der Waals surface area contributed by atoms with E-state index in [4.69, 9.17) is 0 Å². The van der Waals surface area contributed by atoms with Crippen molar-refractivity contribution in [2.75, 3.05) is 19.1 Å². The van der Waals surface area contributed by atoms with E-state index in [1.165, 1.54) is 35.6 Å². The van der Waals surface area contributed by atoms with Gasteiger partial charge in [-0.1, -0.05) is 38.1 Å². The Kier molecular flexibility index (Phi) is 5.56. The van der Waals surface area contributed by atoms with Crippen LogP contribution in [0.4, 0.5) is 5.69 Å². The van der Waals surface area contributed by atoms with Crippen LogP contribution in [0.5, 0.6) is 0 Å². The molecule has 2 rings (SSSR count). The molecule has 1 atom stereocenters. The van der Waals surface area contributed by atoms with Crippen molar-refractivity contribution in [3.8, 4) is 0 Å². The van der Waals surface area contributed by atoms with Gasteiger partial charge in [-0.2, -0.15) is 0 Å². The molecule has 3 nitrogen and oxygen atoms in total. The Bertz CT molecular complexity index is 753. The van der Waals surface area contributed by atoms with Gasteiger partial charge in [0.1, 0.15) is 0 Å². The first-order chi connectivity index (χ1) is 11.7. The molecule has 0 aliphatic carbocycles. The van der Waals surface area contributed by atoms with Crippen LogP contribution in [0, 0.1) is 0 Å². The number of nitrogens with zero attached hydrogens (tertiary/aromatic N) is 1. The molecule has 0 fully saturated rings. The Hall–Kier alpha value is -2.29. The number of anilines is 1. The van der Waals surface area contributed by atoms with Crippen molar-refractivity contribution in [3.05, 3.63) is 59.2 Å². The van der Waals surface area contributed by atoms with Crippen LogP contribution in [0.1, 0.15) is 45.7 Å². The fourth-order valence-corrected chi connectivity index (χ4v) is 3.26. The number of ether oxygens (including phenoxy) is 1. The summed E-state index contributed by atoms with van der Waals surface area (Å²) < 4.78 is 4.63. The molecule has 0 saturated heterocycles. The first-order valence-electron chi connectivity index (χ1n) is 8.67. The number of hydrogen-bond acceptors (Lipinski definition) is 3. The van der Waals surface area contributed by atoms with Crippen molar-refractivity contribution in [3.63, 3.8) is 0 Å². The summed E-state index contributed by atoms with van der Waals surface area (Å²) in [7, 11) is 3.55. The summed E-state index contributed by atoms with van der Waals surface area (Å²) in [4.78, 5) is 13.6. The summed E-state index contributed by atoms with van der Waals surface area (Å²) in [5, 5.41) is 0. The predicted octanol–water partition coefficient (Wildman–Crippen LogP) is 4.88. The van der Waals surface area contributed by atoms with Gasteiger partial charge in [0.15, 0.2) is 0 Å². The molecule has 0 saturated carbocycles. The molecule has 1 aliphatic rings. The number of benzene rings is 1. The monoisotopic (exact) mass is 339 g/mol. The first kappa shape index (κ1) is 19.0. The van der Waals surface area contributed by atoms with Crippen LogP contribution < -0.4 is 4.90 Å². The molecule has 1 aromatic carbocycles. The maximum absolute atomic E-state index is 11.2. The molecule has 1 unspecified atom stereocenters. The lowest BCUT2D eigenvalue weighted by Gasteiger charge is -2.28. The highest BCUT2D eigenvalue weighted by atomic mass is 16.5.